The Hall–Kier alpha value is -2.00. The number of halogens is 1. The zero-order chi connectivity index (χ0) is 17.0. The van der Waals surface area contributed by atoms with Crippen LogP contribution >= 0.6 is 11.6 Å². The lowest BCUT2D eigenvalue weighted by Gasteiger charge is -2.27. The van der Waals surface area contributed by atoms with Crippen molar-refractivity contribution in [3.63, 3.8) is 0 Å². The van der Waals surface area contributed by atoms with E-state index in [1.165, 1.54) is 0 Å². The summed E-state index contributed by atoms with van der Waals surface area (Å²) in [6, 6.07) is 15.0. The molecule has 0 saturated carbocycles. The average molecular weight is 332 g/mol. The van der Waals surface area contributed by atoms with E-state index in [-0.39, 0.29) is 11.9 Å². The van der Waals surface area contributed by atoms with Crippen molar-refractivity contribution in [2.45, 2.75) is 32.2 Å². The Labute approximate surface area is 142 Å². The van der Waals surface area contributed by atoms with Crippen molar-refractivity contribution in [1.29, 1.82) is 0 Å². The molecule has 2 rings (SSSR count). The number of methoxy groups -OCH3 is 1. The predicted octanol–water partition coefficient (Wildman–Crippen LogP) is 4.50. The van der Waals surface area contributed by atoms with Crippen LogP contribution in [0.2, 0.25) is 5.02 Å². The molecule has 0 bridgehead atoms. The van der Waals surface area contributed by atoms with Gasteiger partial charge in [-0.25, -0.2) is 0 Å². The second-order valence-electron chi connectivity index (χ2n) is 6.10. The van der Waals surface area contributed by atoms with Crippen LogP contribution in [0.25, 0.3) is 0 Å². The zero-order valence-electron chi connectivity index (χ0n) is 13.9. The molecule has 2 aromatic carbocycles. The van der Waals surface area contributed by atoms with Crippen molar-refractivity contribution in [2.75, 3.05) is 7.11 Å². The van der Waals surface area contributed by atoms with E-state index in [1.54, 1.807) is 13.2 Å². The number of carbonyl (C=O) groups is 1. The molecule has 122 valence electrons. The second-order valence-corrected chi connectivity index (χ2v) is 6.54. The molecule has 23 heavy (non-hydrogen) atoms. The molecule has 3 nitrogen and oxygen atoms in total. The summed E-state index contributed by atoms with van der Waals surface area (Å²) in [5, 5.41) is 3.70. The highest BCUT2D eigenvalue weighted by atomic mass is 35.5. The van der Waals surface area contributed by atoms with Crippen LogP contribution in [0.15, 0.2) is 48.5 Å². The average Bonchev–Trinajstić information content (AvgIpc) is 2.54. The summed E-state index contributed by atoms with van der Waals surface area (Å²) in [5.41, 5.74) is 1.26. The van der Waals surface area contributed by atoms with Gasteiger partial charge in [0.1, 0.15) is 5.75 Å². The molecule has 0 fully saturated rings. The third kappa shape index (κ3) is 4.05. The van der Waals surface area contributed by atoms with Crippen LogP contribution in [-0.2, 0) is 10.2 Å². The molecule has 1 atom stereocenters. The molecule has 0 aromatic heterocycles. The lowest BCUT2D eigenvalue weighted by atomic mass is 9.83. The Kier molecular flexibility index (Phi) is 5.32. The Bertz CT molecular complexity index is 680. The molecule has 0 saturated heterocycles. The monoisotopic (exact) mass is 331 g/mol. The predicted molar refractivity (Wildman–Crippen MR) is 94.0 cm³/mol. The molecule has 0 aliphatic carbocycles. The van der Waals surface area contributed by atoms with Gasteiger partial charge in [0.25, 0.3) is 0 Å². The minimum atomic E-state index is -0.661. The summed E-state index contributed by atoms with van der Waals surface area (Å²) in [7, 11) is 1.63. The first-order chi connectivity index (χ1) is 10.8. The first kappa shape index (κ1) is 17.4. The molecular weight excluding hydrogens is 310 g/mol. The van der Waals surface area contributed by atoms with E-state index in [9.17, 15) is 4.79 Å². The summed E-state index contributed by atoms with van der Waals surface area (Å²) >= 11 is 6.04. The van der Waals surface area contributed by atoms with Crippen LogP contribution in [0.5, 0.6) is 5.75 Å². The van der Waals surface area contributed by atoms with Gasteiger partial charge in [-0.05, 0) is 56.2 Å². The van der Waals surface area contributed by atoms with Gasteiger partial charge in [-0.3, -0.25) is 4.79 Å². The van der Waals surface area contributed by atoms with Gasteiger partial charge in [-0.2, -0.15) is 0 Å². The van der Waals surface area contributed by atoms with E-state index in [1.807, 2.05) is 63.2 Å². The third-order valence-electron chi connectivity index (χ3n) is 4.08. The highest BCUT2D eigenvalue weighted by Crippen LogP contribution is 2.27. The molecule has 0 radical (unpaired) electrons. The second kappa shape index (κ2) is 7.05. The maximum atomic E-state index is 12.7. The molecule has 0 aliphatic rings. The lowest BCUT2D eigenvalue weighted by molar-refractivity contribution is -0.126. The minimum Gasteiger partial charge on any atom is -0.497 e. The maximum Gasteiger partial charge on any atom is 0.230 e. The zero-order valence-corrected chi connectivity index (χ0v) is 14.6. The summed E-state index contributed by atoms with van der Waals surface area (Å²) in [5.74, 6) is 0.759. The topological polar surface area (TPSA) is 38.3 Å². The lowest BCUT2D eigenvalue weighted by Crippen LogP contribution is -2.41. The van der Waals surface area contributed by atoms with Crippen molar-refractivity contribution in [1.82, 2.24) is 5.32 Å². The van der Waals surface area contributed by atoms with Crippen molar-refractivity contribution in [3.8, 4) is 5.75 Å². The van der Waals surface area contributed by atoms with Crippen LogP contribution in [0, 0.1) is 0 Å². The molecule has 1 N–H and O–H groups in total. The van der Waals surface area contributed by atoms with Gasteiger partial charge in [0.15, 0.2) is 0 Å². The number of benzene rings is 2. The third-order valence-corrected chi connectivity index (χ3v) is 4.31. The highest BCUT2D eigenvalue weighted by molar-refractivity contribution is 6.30. The van der Waals surface area contributed by atoms with E-state index in [4.69, 9.17) is 16.3 Å². The van der Waals surface area contributed by atoms with Gasteiger partial charge in [0.05, 0.1) is 18.6 Å². The first-order valence-corrected chi connectivity index (χ1v) is 7.93. The van der Waals surface area contributed by atoms with Crippen LogP contribution in [0.4, 0.5) is 0 Å². The number of hydrogen-bond donors (Lipinski definition) is 1. The Morgan fingerprint density at radius 1 is 1.17 bits per heavy atom. The Morgan fingerprint density at radius 3 is 2.39 bits per heavy atom. The number of hydrogen-bond acceptors (Lipinski definition) is 2. The van der Waals surface area contributed by atoms with E-state index in [0.717, 1.165) is 16.9 Å². The normalized spacial score (nSPS) is 12.6. The summed E-state index contributed by atoms with van der Waals surface area (Å²) in [6.07, 6.45) is 0. The van der Waals surface area contributed by atoms with Crippen LogP contribution < -0.4 is 10.1 Å². The van der Waals surface area contributed by atoms with Crippen molar-refractivity contribution >= 4 is 17.5 Å². The van der Waals surface area contributed by atoms with Gasteiger partial charge >= 0.3 is 0 Å². The fourth-order valence-corrected chi connectivity index (χ4v) is 2.55. The van der Waals surface area contributed by atoms with E-state index < -0.39 is 5.41 Å². The summed E-state index contributed by atoms with van der Waals surface area (Å²) < 4.78 is 5.15. The minimum absolute atomic E-state index is 0.0388. The maximum absolute atomic E-state index is 12.7. The molecular formula is C19H22ClNO2. The van der Waals surface area contributed by atoms with E-state index in [0.29, 0.717) is 5.02 Å². The molecule has 0 spiro atoms. The summed E-state index contributed by atoms with van der Waals surface area (Å²) in [6.45, 7) is 5.76. The quantitative estimate of drug-likeness (QED) is 0.875. The summed E-state index contributed by atoms with van der Waals surface area (Å²) in [4.78, 5) is 12.7. The Balaban J connectivity index is 2.13. The number of carbonyl (C=O) groups excluding carboxylic acids is 1. The van der Waals surface area contributed by atoms with Gasteiger partial charge in [0, 0.05) is 5.02 Å². The number of rotatable bonds is 5. The number of nitrogens with one attached hydrogen (secondary N) is 1. The van der Waals surface area contributed by atoms with Gasteiger partial charge in [0.2, 0.25) is 5.91 Å². The van der Waals surface area contributed by atoms with Crippen LogP contribution in [0.1, 0.15) is 37.9 Å². The van der Waals surface area contributed by atoms with Gasteiger partial charge < -0.3 is 10.1 Å². The van der Waals surface area contributed by atoms with Gasteiger partial charge in [-0.1, -0.05) is 35.9 Å². The van der Waals surface area contributed by atoms with Crippen molar-refractivity contribution < 1.29 is 9.53 Å². The molecule has 1 unspecified atom stereocenters. The smallest absolute Gasteiger partial charge is 0.230 e. The van der Waals surface area contributed by atoms with Crippen molar-refractivity contribution in [3.05, 3.63) is 64.7 Å². The van der Waals surface area contributed by atoms with Crippen LogP contribution in [-0.4, -0.2) is 13.0 Å². The van der Waals surface area contributed by atoms with Gasteiger partial charge in [-0.15, -0.1) is 0 Å². The molecule has 4 heteroatoms. The van der Waals surface area contributed by atoms with Crippen LogP contribution in [0.3, 0.4) is 0 Å². The number of ether oxygens (including phenoxy) is 1. The highest BCUT2D eigenvalue weighted by Gasteiger charge is 2.30. The van der Waals surface area contributed by atoms with E-state index in [2.05, 4.69) is 5.32 Å². The van der Waals surface area contributed by atoms with Crippen molar-refractivity contribution in [2.24, 2.45) is 0 Å². The number of amides is 1. The SMILES string of the molecule is COc1ccc(C(C)NC(=O)C(C)(C)c2cccc(Cl)c2)cc1. The standard InChI is InChI=1S/C19H22ClNO2/c1-13(14-8-10-17(23-4)11-9-14)21-18(22)19(2,3)15-6-5-7-16(20)12-15/h5-13H,1-4H3,(H,21,22). The largest absolute Gasteiger partial charge is 0.497 e. The molecule has 2 aromatic rings. The fraction of sp³-hybridized carbons (Fsp3) is 0.316. The first-order valence-electron chi connectivity index (χ1n) is 7.55. The molecule has 0 aliphatic heterocycles. The Morgan fingerprint density at radius 2 is 1.83 bits per heavy atom. The fourth-order valence-electron chi connectivity index (χ4n) is 2.36. The molecule has 0 heterocycles. The molecule has 1 amide bonds. The van der Waals surface area contributed by atoms with E-state index >= 15 is 0 Å².